The van der Waals surface area contributed by atoms with Crippen LogP contribution in [0.25, 0.3) is 0 Å². The Bertz CT molecular complexity index is 776. The third-order valence-corrected chi connectivity index (χ3v) is 4.39. The van der Waals surface area contributed by atoms with Gasteiger partial charge in [-0.1, -0.05) is 6.07 Å². The monoisotopic (exact) mass is 310 g/mol. The van der Waals surface area contributed by atoms with Crippen molar-refractivity contribution in [1.29, 1.82) is 0 Å². The van der Waals surface area contributed by atoms with E-state index in [0.29, 0.717) is 11.4 Å². The number of sulfonamides is 1. The molecule has 2 aromatic rings. The Morgan fingerprint density at radius 2 is 1.95 bits per heavy atom. The minimum atomic E-state index is -3.96. The molecule has 0 spiro atoms. The van der Waals surface area contributed by atoms with Gasteiger partial charge in [-0.05, 0) is 42.8 Å². The fourth-order valence-corrected chi connectivity index (χ4v) is 3.10. The van der Waals surface area contributed by atoms with Crippen LogP contribution in [-0.4, -0.2) is 15.5 Å². The molecule has 0 aliphatic rings. The molecule has 2 aromatic carbocycles. The summed E-state index contributed by atoms with van der Waals surface area (Å²) < 4.78 is 45.3. The Morgan fingerprint density at radius 1 is 1.24 bits per heavy atom. The van der Waals surface area contributed by atoms with E-state index < -0.39 is 21.5 Å². The lowest BCUT2D eigenvalue weighted by Gasteiger charge is -2.12. The number of rotatable bonds is 4. The van der Waals surface area contributed by atoms with Gasteiger partial charge in [0.25, 0.3) is 10.0 Å². The van der Waals surface area contributed by atoms with Gasteiger partial charge in [0.1, 0.15) is 16.5 Å². The van der Waals surface area contributed by atoms with Gasteiger partial charge in [-0.3, -0.25) is 4.72 Å². The number of nitrogen functional groups attached to an aromatic ring is 1. The average Bonchev–Trinajstić information content (AvgIpc) is 2.41. The molecule has 3 N–H and O–H groups in total. The largest absolute Gasteiger partial charge is 0.496 e. The lowest BCUT2D eigenvalue weighted by atomic mass is 10.2. The number of nitrogens with one attached hydrogen (secondary N) is 1. The molecule has 0 fully saturated rings. The van der Waals surface area contributed by atoms with Gasteiger partial charge in [0.15, 0.2) is 0 Å². The maximum absolute atomic E-state index is 13.4. The predicted octanol–water partition coefficient (Wildman–Crippen LogP) is 2.53. The van der Waals surface area contributed by atoms with E-state index in [1.807, 2.05) is 0 Å². The first-order valence-corrected chi connectivity index (χ1v) is 7.55. The lowest BCUT2D eigenvalue weighted by Crippen LogP contribution is -2.15. The van der Waals surface area contributed by atoms with Crippen LogP contribution in [0, 0.1) is 12.7 Å². The highest BCUT2D eigenvalue weighted by atomic mass is 32.2. The van der Waals surface area contributed by atoms with E-state index in [1.54, 1.807) is 25.1 Å². The molecule has 2 rings (SSSR count). The van der Waals surface area contributed by atoms with Crippen LogP contribution in [0.15, 0.2) is 41.3 Å². The van der Waals surface area contributed by atoms with Crippen LogP contribution in [0.2, 0.25) is 0 Å². The molecule has 5 nitrogen and oxygen atoms in total. The zero-order chi connectivity index (χ0) is 15.6. The first-order chi connectivity index (χ1) is 9.85. The van der Waals surface area contributed by atoms with Gasteiger partial charge in [0.05, 0.1) is 12.8 Å². The van der Waals surface area contributed by atoms with Gasteiger partial charge < -0.3 is 10.5 Å². The van der Waals surface area contributed by atoms with Crippen molar-refractivity contribution in [2.45, 2.75) is 11.8 Å². The molecular formula is C14H15FN2O3S. The van der Waals surface area contributed by atoms with Crippen LogP contribution < -0.4 is 15.2 Å². The molecule has 0 heterocycles. The number of benzene rings is 2. The first-order valence-electron chi connectivity index (χ1n) is 6.06. The highest BCUT2D eigenvalue weighted by Gasteiger charge is 2.19. The van der Waals surface area contributed by atoms with E-state index in [2.05, 4.69) is 4.72 Å². The van der Waals surface area contributed by atoms with Crippen molar-refractivity contribution in [2.24, 2.45) is 0 Å². The van der Waals surface area contributed by atoms with Crippen molar-refractivity contribution in [3.05, 3.63) is 47.8 Å². The maximum Gasteiger partial charge on any atom is 0.264 e. The van der Waals surface area contributed by atoms with E-state index in [1.165, 1.54) is 19.2 Å². The number of hydrogen-bond donors (Lipinski definition) is 2. The normalized spacial score (nSPS) is 11.2. The second kappa shape index (κ2) is 5.61. The van der Waals surface area contributed by atoms with Crippen LogP contribution in [0.4, 0.5) is 15.8 Å². The minimum Gasteiger partial charge on any atom is -0.496 e. The molecule has 0 unspecified atom stereocenters. The molecule has 21 heavy (non-hydrogen) atoms. The van der Waals surface area contributed by atoms with Gasteiger partial charge >= 0.3 is 0 Å². The summed E-state index contributed by atoms with van der Waals surface area (Å²) in [6.45, 7) is 1.78. The summed E-state index contributed by atoms with van der Waals surface area (Å²) in [7, 11) is -2.43. The summed E-state index contributed by atoms with van der Waals surface area (Å²) in [5, 5.41) is 0. The standard InChI is InChI=1S/C14H15FN2O3S/c1-9-8-10(6-7-12(9)20-2)17-21(18,19)13-5-3-4-11(15)14(13)16/h3-8,17H,16H2,1-2H3. The Kier molecular flexibility index (Phi) is 4.04. The summed E-state index contributed by atoms with van der Waals surface area (Å²) in [5.41, 5.74) is 6.19. The quantitative estimate of drug-likeness (QED) is 0.850. The van der Waals surface area contributed by atoms with Crippen molar-refractivity contribution >= 4 is 21.4 Å². The van der Waals surface area contributed by atoms with Crippen LogP contribution in [0.1, 0.15) is 5.56 Å². The summed E-state index contributed by atoms with van der Waals surface area (Å²) in [5.74, 6) is -0.132. The number of aryl methyl sites for hydroxylation is 1. The number of halogens is 1. The Labute approximate surface area is 122 Å². The second-order valence-electron chi connectivity index (χ2n) is 4.44. The molecule has 112 valence electrons. The van der Waals surface area contributed by atoms with Gasteiger partial charge in [0.2, 0.25) is 0 Å². The number of methoxy groups -OCH3 is 1. The van der Waals surface area contributed by atoms with Crippen molar-refractivity contribution in [3.8, 4) is 5.75 Å². The molecule has 7 heteroatoms. The SMILES string of the molecule is COc1ccc(NS(=O)(=O)c2cccc(F)c2N)cc1C. The summed E-state index contributed by atoms with van der Waals surface area (Å²) in [4.78, 5) is -0.295. The van der Waals surface area contributed by atoms with Gasteiger partial charge in [0, 0.05) is 5.69 Å². The zero-order valence-corrected chi connectivity index (χ0v) is 12.4. The highest BCUT2D eigenvalue weighted by Crippen LogP contribution is 2.26. The zero-order valence-electron chi connectivity index (χ0n) is 11.6. The topological polar surface area (TPSA) is 81.4 Å². The Balaban J connectivity index is 2.38. The molecule has 0 aliphatic carbocycles. The third kappa shape index (κ3) is 3.08. The van der Waals surface area contributed by atoms with Crippen molar-refractivity contribution in [3.63, 3.8) is 0 Å². The first kappa shape index (κ1) is 15.1. The summed E-state index contributed by atoms with van der Waals surface area (Å²) >= 11 is 0. The molecule has 0 saturated carbocycles. The van der Waals surface area contributed by atoms with Gasteiger partial charge in [-0.2, -0.15) is 0 Å². The van der Waals surface area contributed by atoms with Gasteiger partial charge in [-0.15, -0.1) is 0 Å². The Morgan fingerprint density at radius 3 is 2.57 bits per heavy atom. The molecule has 0 amide bonds. The molecular weight excluding hydrogens is 295 g/mol. The van der Waals surface area contributed by atoms with Crippen molar-refractivity contribution < 1.29 is 17.5 Å². The molecule has 0 aliphatic heterocycles. The van der Waals surface area contributed by atoms with E-state index in [-0.39, 0.29) is 4.90 Å². The fraction of sp³-hybridized carbons (Fsp3) is 0.143. The number of para-hydroxylation sites is 1. The average molecular weight is 310 g/mol. The maximum atomic E-state index is 13.4. The highest BCUT2D eigenvalue weighted by molar-refractivity contribution is 7.92. The van der Waals surface area contributed by atoms with Crippen molar-refractivity contribution in [1.82, 2.24) is 0 Å². The number of hydrogen-bond acceptors (Lipinski definition) is 4. The number of anilines is 2. The van der Waals surface area contributed by atoms with E-state index in [9.17, 15) is 12.8 Å². The Hall–Kier alpha value is -2.28. The molecule has 0 bridgehead atoms. The van der Waals surface area contributed by atoms with E-state index >= 15 is 0 Å². The smallest absolute Gasteiger partial charge is 0.264 e. The molecule has 0 radical (unpaired) electrons. The predicted molar refractivity (Wildman–Crippen MR) is 79.4 cm³/mol. The van der Waals surface area contributed by atoms with Crippen LogP contribution >= 0.6 is 0 Å². The number of ether oxygens (including phenoxy) is 1. The second-order valence-corrected chi connectivity index (χ2v) is 6.09. The van der Waals surface area contributed by atoms with Crippen LogP contribution in [0.5, 0.6) is 5.75 Å². The third-order valence-electron chi connectivity index (χ3n) is 2.95. The van der Waals surface area contributed by atoms with Crippen LogP contribution in [-0.2, 0) is 10.0 Å². The van der Waals surface area contributed by atoms with Gasteiger partial charge in [-0.25, -0.2) is 12.8 Å². The molecule has 0 saturated heterocycles. The van der Waals surface area contributed by atoms with Crippen molar-refractivity contribution in [2.75, 3.05) is 17.6 Å². The lowest BCUT2D eigenvalue weighted by molar-refractivity contribution is 0.412. The molecule has 0 atom stereocenters. The van der Waals surface area contributed by atoms with E-state index in [0.717, 1.165) is 11.6 Å². The molecule has 0 aromatic heterocycles. The summed E-state index contributed by atoms with van der Waals surface area (Å²) in [6.07, 6.45) is 0. The van der Waals surface area contributed by atoms with E-state index in [4.69, 9.17) is 10.5 Å². The van der Waals surface area contributed by atoms with Crippen LogP contribution in [0.3, 0.4) is 0 Å². The summed E-state index contributed by atoms with van der Waals surface area (Å²) in [6, 6.07) is 8.45. The fourth-order valence-electron chi connectivity index (χ4n) is 1.90. The number of nitrogens with two attached hydrogens (primary N) is 1. The minimum absolute atomic E-state index is 0.295.